The van der Waals surface area contributed by atoms with Crippen molar-refractivity contribution in [3.63, 3.8) is 0 Å². The Morgan fingerprint density at radius 1 is 1.15 bits per heavy atom. The molecule has 0 spiro atoms. The number of benzene rings is 2. The van der Waals surface area contributed by atoms with Crippen LogP contribution in [-0.2, 0) is 5.54 Å². The fourth-order valence-corrected chi connectivity index (χ4v) is 2.18. The summed E-state index contributed by atoms with van der Waals surface area (Å²) in [5.41, 5.74) is 2.60. The van der Waals surface area contributed by atoms with Crippen LogP contribution < -0.4 is 10.1 Å². The minimum absolute atomic E-state index is 0.00545. The van der Waals surface area contributed by atoms with Crippen LogP contribution in [-0.4, -0.2) is 18.8 Å². The van der Waals surface area contributed by atoms with E-state index in [9.17, 15) is 5.11 Å². The standard InChI is InChI=1S/C17H21NO2/c1-13-7-4-5-10-16(13)18-17(2,12-19)14-8-6-9-15(11-14)20-3/h4-11,18-19H,12H2,1-3H3. The summed E-state index contributed by atoms with van der Waals surface area (Å²) >= 11 is 0. The molecular formula is C17H21NO2. The highest BCUT2D eigenvalue weighted by Gasteiger charge is 2.26. The monoisotopic (exact) mass is 271 g/mol. The molecule has 1 unspecified atom stereocenters. The minimum Gasteiger partial charge on any atom is -0.497 e. The summed E-state index contributed by atoms with van der Waals surface area (Å²) in [7, 11) is 1.64. The number of nitrogens with one attached hydrogen (secondary N) is 1. The summed E-state index contributed by atoms with van der Waals surface area (Å²) in [6.45, 7) is 4.02. The predicted octanol–water partition coefficient (Wildman–Crippen LogP) is 3.32. The van der Waals surface area contributed by atoms with E-state index >= 15 is 0 Å². The van der Waals surface area contributed by atoms with E-state index in [1.165, 1.54) is 0 Å². The zero-order valence-corrected chi connectivity index (χ0v) is 12.2. The third kappa shape index (κ3) is 2.94. The van der Waals surface area contributed by atoms with Crippen molar-refractivity contribution in [2.24, 2.45) is 0 Å². The number of rotatable bonds is 5. The van der Waals surface area contributed by atoms with Crippen LogP contribution in [0.2, 0.25) is 0 Å². The number of hydrogen-bond acceptors (Lipinski definition) is 3. The molecule has 0 saturated heterocycles. The average Bonchev–Trinajstić information content (AvgIpc) is 2.49. The number of ether oxygens (including phenoxy) is 1. The van der Waals surface area contributed by atoms with Crippen LogP contribution in [0, 0.1) is 6.92 Å². The van der Waals surface area contributed by atoms with E-state index in [2.05, 4.69) is 5.32 Å². The molecule has 0 amide bonds. The SMILES string of the molecule is COc1cccc(C(C)(CO)Nc2ccccc2C)c1. The van der Waals surface area contributed by atoms with Crippen LogP contribution in [0.1, 0.15) is 18.1 Å². The first-order valence-electron chi connectivity index (χ1n) is 6.68. The van der Waals surface area contributed by atoms with Gasteiger partial charge in [-0.1, -0.05) is 30.3 Å². The van der Waals surface area contributed by atoms with Gasteiger partial charge >= 0.3 is 0 Å². The number of aryl methyl sites for hydroxylation is 1. The lowest BCUT2D eigenvalue weighted by atomic mass is 9.92. The number of para-hydroxylation sites is 1. The summed E-state index contributed by atoms with van der Waals surface area (Å²) in [5, 5.41) is 13.3. The van der Waals surface area contributed by atoms with Crippen molar-refractivity contribution in [3.8, 4) is 5.75 Å². The first-order valence-corrected chi connectivity index (χ1v) is 6.68. The van der Waals surface area contributed by atoms with Crippen LogP contribution in [0.5, 0.6) is 5.75 Å². The minimum atomic E-state index is -0.555. The Labute approximate surface area is 120 Å². The molecule has 0 radical (unpaired) electrons. The zero-order chi connectivity index (χ0) is 14.6. The van der Waals surface area contributed by atoms with Gasteiger partial charge in [0.15, 0.2) is 0 Å². The molecule has 0 bridgehead atoms. The second kappa shape index (κ2) is 5.97. The summed E-state index contributed by atoms with van der Waals surface area (Å²) in [6.07, 6.45) is 0. The van der Waals surface area contributed by atoms with Crippen molar-refractivity contribution in [2.75, 3.05) is 19.0 Å². The fourth-order valence-electron chi connectivity index (χ4n) is 2.18. The molecule has 2 N–H and O–H groups in total. The van der Waals surface area contributed by atoms with Crippen LogP contribution in [0.25, 0.3) is 0 Å². The van der Waals surface area contributed by atoms with Gasteiger partial charge in [-0.05, 0) is 43.2 Å². The van der Waals surface area contributed by atoms with E-state index in [0.29, 0.717) is 0 Å². The van der Waals surface area contributed by atoms with Gasteiger partial charge in [0.2, 0.25) is 0 Å². The molecule has 3 nitrogen and oxygen atoms in total. The molecule has 1 atom stereocenters. The third-order valence-electron chi connectivity index (χ3n) is 3.58. The van der Waals surface area contributed by atoms with Gasteiger partial charge in [0.1, 0.15) is 5.75 Å². The first kappa shape index (κ1) is 14.4. The molecule has 106 valence electrons. The molecule has 2 aromatic rings. The van der Waals surface area contributed by atoms with E-state index in [4.69, 9.17) is 4.74 Å². The van der Waals surface area contributed by atoms with Crippen molar-refractivity contribution in [2.45, 2.75) is 19.4 Å². The number of hydrogen-bond donors (Lipinski definition) is 2. The summed E-state index contributed by atoms with van der Waals surface area (Å²) in [5.74, 6) is 0.786. The van der Waals surface area contributed by atoms with Crippen molar-refractivity contribution in [1.29, 1.82) is 0 Å². The van der Waals surface area contributed by atoms with Crippen LogP contribution in [0.4, 0.5) is 5.69 Å². The zero-order valence-electron chi connectivity index (χ0n) is 12.2. The maximum Gasteiger partial charge on any atom is 0.119 e. The lowest BCUT2D eigenvalue weighted by Gasteiger charge is -2.31. The highest BCUT2D eigenvalue weighted by Crippen LogP contribution is 2.29. The van der Waals surface area contributed by atoms with Gasteiger partial charge in [-0.15, -0.1) is 0 Å². The van der Waals surface area contributed by atoms with Gasteiger partial charge < -0.3 is 15.2 Å². The molecule has 0 aromatic heterocycles. The quantitative estimate of drug-likeness (QED) is 0.876. The molecule has 2 rings (SSSR count). The first-order chi connectivity index (χ1) is 9.59. The van der Waals surface area contributed by atoms with E-state index in [1.807, 2.05) is 62.4 Å². The maximum absolute atomic E-state index is 9.85. The summed E-state index contributed by atoms with van der Waals surface area (Å²) in [6, 6.07) is 15.8. The van der Waals surface area contributed by atoms with E-state index in [0.717, 1.165) is 22.6 Å². The molecule has 0 aliphatic rings. The van der Waals surface area contributed by atoms with Crippen LogP contribution in [0.15, 0.2) is 48.5 Å². The summed E-state index contributed by atoms with van der Waals surface area (Å²) < 4.78 is 5.26. The smallest absolute Gasteiger partial charge is 0.119 e. The number of methoxy groups -OCH3 is 1. The Hall–Kier alpha value is -2.00. The predicted molar refractivity (Wildman–Crippen MR) is 82.2 cm³/mol. The highest BCUT2D eigenvalue weighted by molar-refractivity contribution is 5.54. The van der Waals surface area contributed by atoms with Gasteiger partial charge in [-0.25, -0.2) is 0 Å². The molecule has 0 fully saturated rings. The van der Waals surface area contributed by atoms with Crippen molar-refractivity contribution in [3.05, 3.63) is 59.7 Å². The Balaban J connectivity index is 2.35. The number of anilines is 1. The van der Waals surface area contributed by atoms with E-state index in [1.54, 1.807) is 7.11 Å². The molecular weight excluding hydrogens is 250 g/mol. The summed E-state index contributed by atoms with van der Waals surface area (Å²) in [4.78, 5) is 0. The third-order valence-corrected chi connectivity index (χ3v) is 3.58. The molecule has 0 aliphatic carbocycles. The molecule has 20 heavy (non-hydrogen) atoms. The maximum atomic E-state index is 9.85. The Morgan fingerprint density at radius 2 is 1.90 bits per heavy atom. The lowest BCUT2D eigenvalue weighted by Crippen LogP contribution is -2.36. The highest BCUT2D eigenvalue weighted by atomic mass is 16.5. The van der Waals surface area contributed by atoms with Gasteiger partial charge in [-0.3, -0.25) is 0 Å². The molecule has 3 heteroatoms. The topological polar surface area (TPSA) is 41.5 Å². The second-order valence-corrected chi connectivity index (χ2v) is 5.16. The van der Waals surface area contributed by atoms with Gasteiger partial charge in [-0.2, -0.15) is 0 Å². The molecule has 0 heterocycles. The van der Waals surface area contributed by atoms with Crippen molar-refractivity contribution in [1.82, 2.24) is 0 Å². The number of aliphatic hydroxyl groups excluding tert-OH is 1. The van der Waals surface area contributed by atoms with E-state index in [-0.39, 0.29) is 6.61 Å². The van der Waals surface area contributed by atoms with Crippen molar-refractivity contribution >= 4 is 5.69 Å². The Kier molecular flexibility index (Phi) is 4.30. The fraction of sp³-hybridized carbons (Fsp3) is 0.294. The molecule has 0 aliphatic heterocycles. The second-order valence-electron chi connectivity index (χ2n) is 5.16. The van der Waals surface area contributed by atoms with Gasteiger partial charge in [0, 0.05) is 5.69 Å². The van der Waals surface area contributed by atoms with E-state index < -0.39 is 5.54 Å². The lowest BCUT2D eigenvalue weighted by molar-refractivity contribution is 0.223. The molecule has 2 aromatic carbocycles. The van der Waals surface area contributed by atoms with Gasteiger partial charge in [0.25, 0.3) is 0 Å². The molecule has 0 saturated carbocycles. The normalized spacial score (nSPS) is 13.6. The Bertz CT molecular complexity index is 583. The van der Waals surface area contributed by atoms with Crippen LogP contribution >= 0.6 is 0 Å². The average molecular weight is 271 g/mol. The van der Waals surface area contributed by atoms with Crippen molar-refractivity contribution < 1.29 is 9.84 Å². The largest absolute Gasteiger partial charge is 0.497 e. The number of aliphatic hydroxyl groups is 1. The van der Waals surface area contributed by atoms with Crippen LogP contribution in [0.3, 0.4) is 0 Å². The van der Waals surface area contributed by atoms with Gasteiger partial charge in [0.05, 0.1) is 19.3 Å². The Morgan fingerprint density at radius 3 is 2.55 bits per heavy atom.